The zero-order valence-electron chi connectivity index (χ0n) is 12.9. The molecule has 1 fully saturated rings. The van der Waals surface area contributed by atoms with Gasteiger partial charge in [-0.25, -0.2) is 4.98 Å². The lowest BCUT2D eigenvalue weighted by atomic mass is 9.96. The monoisotopic (exact) mass is 263 g/mol. The van der Waals surface area contributed by atoms with Crippen molar-refractivity contribution in [3.8, 4) is 0 Å². The summed E-state index contributed by atoms with van der Waals surface area (Å²) in [6.45, 7) is 10.1. The Hall–Kier alpha value is -0.990. The van der Waals surface area contributed by atoms with Gasteiger partial charge in [0.05, 0.1) is 5.69 Å². The third-order valence-electron chi connectivity index (χ3n) is 4.46. The number of anilines is 1. The maximum absolute atomic E-state index is 4.67. The molecule has 2 rings (SSSR count). The Morgan fingerprint density at radius 2 is 1.95 bits per heavy atom. The number of hydrogen-bond donors (Lipinski definition) is 1. The summed E-state index contributed by atoms with van der Waals surface area (Å²) in [7, 11) is 0. The van der Waals surface area contributed by atoms with E-state index < -0.39 is 0 Å². The molecule has 0 amide bonds. The van der Waals surface area contributed by atoms with Crippen LogP contribution in [0.5, 0.6) is 0 Å². The topological polar surface area (TPSA) is 29.9 Å². The Labute approximate surface area is 117 Å². The van der Waals surface area contributed by atoms with Gasteiger partial charge in [-0.3, -0.25) is 0 Å². The van der Waals surface area contributed by atoms with Crippen LogP contribution < -0.4 is 5.32 Å². The van der Waals surface area contributed by atoms with Crippen molar-refractivity contribution in [2.45, 2.75) is 72.4 Å². The van der Waals surface area contributed by atoms with Crippen LogP contribution in [0.2, 0.25) is 0 Å². The van der Waals surface area contributed by atoms with Gasteiger partial charge in [-0.05, 0) is 31.6 Å². The summed E-state index contributed by atoms with van der Waals surface area (Å²) in [5.41, 5.74) is 1.12. The highest BCUT2D eigenvalue weighted by Gasteiger charge is 2.17. The second-order valence-corrected chi connectivity index (χ2v) is 6.56. The molecule has 1 aromatic rings. The van der Waals surface area contributed by atoms with Crippen molar-refractivity contribution in [3.63, 3.8) is 0 Å². The lowest BCUT2D eigenvalue weighted by Gasteiger charge is -2.24. The smallest absolute Gasteiger partial charge is 0.203 e. The van der Waals surface area contributed by atoms with E-state index in [1.165, 1.54) is 32.1 Å². The Morgan fingerprint density at radius 1 is 1.26 bits per heavy atom. The highest BCUT2D eigenvalue weighted by atomic mass is 15.2. The van der Waals surface area contributed by atoms with Gasteiger partial charge in [0.15, 0.2) is 0 Å². The molecule has 1 heterocycles. The summed E-state index contributed by atoms with van der Waals surface area (Å²) < 4.78 is 2.31. The normalized spacial score (nSPS) is 18.8. The lowest BCUT2D eigenvalue weighted by Crippen LogP contribution is -2.25. The van der Waals surface area contributed by atoms with Gasteiger partial charge in [-0.15, -0.1) is 0 Å². The maximum Gasteiger partial charge on any atom is 0.203 e. The van der Waals surface area contributed by atoms with E-state index in [9.17, 15) is 0 Å². The van der Waals surface area contributed by atoms with Crippen LogP contribution in [-0.4, -0.2) is 15.6 Å². The van der Waals surface area contributed by atoms with E-state index in [1.54, 1.807) is 0 Å². The van der Waals surface area contributed by atoms with Gasteiger partial charge in [-0.1, -0.05) is 40.0 Å². The number of nitrogens with zero attached hydrogens (tertiary/aromatic N) is 2. The van der Waals surface area contributed by atoms with E-state index >= 15 is 0 Å². The second kappa shape index (κ2) is 6.44. The van der Waals surface area contributed by atoms with Crippen LogP contribution in [-0.2, 0) is 6.54 Å². The number of nitrogens with one attached hydrogen (secondary N) is 1. The van der Waals surface area contributed by atoms with E-state index in [4.69, 9.17) is 0 Å². The lowest BCUT2D eigenvalue weighted by molar-refractivity contribution is 0.365. The zero-order chi connectivity index (χ0) is 13.8. The Balaban J connectivity index is 2.02. The van der Waals surface area contributed by atoms with Gasteiger partial charge in [0.25, 0.3) is 0 Å². The molecule has 1 aliphatic carbocycles. The van der Waals surface area contributed by atoms with Crippen molar-refractivity contribution in [1.29, 1.82) is 0 Å². The van der Waals surface area contributed by atoms with Crippen molar-refractivity contribution in [2.75, 3.05) is 5.32 Å². The van der Waals surface area contributed by atoms with Crippen molar-refractivity contribution < 1.29 is 0 Å². The molecule has 3 heteroatoms. The standard InChI is InChI=1S/C16H29N3/c1-12(2)13(3)10-19-11-14(4)17-16(19)18-15-8-6-5-7-9-15/h11-13,15H,5-10H2,1-4H3,(H,17,18). The molecule has 1 atom stereocenters. The van der Waals surface area contributed by atoms with Crippen molar-refractivity contribution in [3.05, 3.63) is 11.9 Å². The van der Waals surface area contributed by atoms with E-state index in [-0.39, 0.29) is 0 Å². The molecule has 0 aromatic carbocycles. The van der Waals surface area contributed by atoms with Gasteiger partial charge in [-0.2, -0.15) is 0 Å². The summed E-state index contributed by atoms with van der Waals surface area (Å²) >= 11 is 0. The van der Waals surface area contributed by atoms with E-state index in [2.05, 4.69) is 48.8 Å². The number of hydrogen-bond acceptors (Lipinski definition) is 2. The van der Waals surface area contributed by atoms with E-state index in [0.717, 1.165) is 18.2 Å². The second-order valence-electron chi connectivity index (χ2n) is 6.56. The molecule has 19 heavy (non-hydrogen) atoms. The average Bonchev–Trinajstić information content (AvgIpc) is 2.70. The van der Waals surface area contributed by atoms with Crippen LogP contribution in [0.4, 0.5) is 5.95 Å². The largest absolute Gasteiger partial charge is 0.353 e. The Morgan fingerprint density at radius 3 is 2.58 bits per heavy atom. The average molecular weight is 263 g/mol. The minimum Gasteiger partial charge on any atom is -0.353 e. The van der Waals surface area contributed by atoms with Gasteiger partial charge in [0, 0.05) is 18.8 Å². The Kier molecular flexibility index (Phi) is 4.89. The Bertz CT molecular complexity index is 389. The summed E-state index contributed by atoms with van der Waals surface area (Å²) in [4.78, 5) is 4.67. The van der Waals surface area contributed by atoms with Crippen LogP contribution in [0.1, 0.15) is 58.6 Å². The molecular formula is C16H29N3. The van der Waals surface area contributed by atoms with Crippen molar-refractivity contribution >= 4 is 5.95 Å². The molecule has 1 saturated carbocycles. The van der Waals surface area contributed by atoms with Crippen LogP contribution in [0.3, 0.4) is 0 Å². The highest BCUT2D eigenvalue weighted by Crippen LogP contribution is 2.23. The molecule has 3 nitrogen and oxygen atoms in total. The number of aromatic nitrogens is 2. The van der Waals surface area contributed by atoms with Crippen molar-refractivity contribution in [1.82, 2.24) is 9.55 Å². The summed E-state index contributed by atoms with van der Waals surface area (Å²) in [5.74, 6) is 2.47. The maximum atomic E-state index is 4.67. The van der Waals surface area contributed by atoms with Crippen LogP contribution in [0.25, 0.3) is 0 Å². The molecule has 0 bridgehead atoms. The fraction of sp³-hybridized carbons (Fsp3) is 0.812. The molecule has 1 unspecified atom stereocenters. The summed E-state index contributed by atoms with van der Waals surface area (Å²) in [6.07, 6.45) is 8.90. The molecule has 0 radical (unpaired) electrons. The van der Waals surface area contributed by atoms with E-state index in [1.807, 2.05) is 0 Å². The first-order valence-electron chi connectivity index (χ1n) is 7.86. The molecule has 0 spiro atoms. The predicted octanol–water partition coefficient (Wildman–Crippen LogP) is 4.23. The molecule has 1 aromatic heterocycles. The SMILES string of the molecule is Cc1cn(CC(C)C(C)C)c(NC2CCCCC2)n1. The number of rotatable bonds is 5. The number of imidazole rings is 1. The van der Waals surface area contributed by atoms with Gasteiger partial charge in [0.2, 0.25) is 5.95 Å². The van der Waals surface area contributed by atoms with Gasteiger partial charge in [0.1, 0.15) is 0 Å². The molecule has 1 N–H and O–H groups in total. The fourth-order valence-corrected chi connectivity index (χ4v) is 2.75. The number of aryl methyl sites for hydroxylation is 1. The van der Waals surface area contributed by atoms with Crippen molar-refractivity contribution in [2.24, 2.45) is 11.8 Å². The van der Waals surface area contributed by atoms with Gasteiger partial charge < -0.3 is 9.88 Å². The van der Waals surface area contributed by atoms with Crippen LogP contribution >= 0.6 is 0 Å². The third-order valence-corrected chi connectivity index (χ3v) is 4.46. The first kappa shape index (κ1) is 14.4. The summed E-state index contributed by atoms with van der Waals surface area (Å²) in [6, 6.07) is 0.628. The first-order chi connectivity index (χ1) is 9.06. The molecule has 0 aliphatic heterocycles. The fourth-order valence-electron chi connectivity index (χ4n) is 2.75. The molecule has 108 valence electrons. The van der Waals surface area contributed by atoms with Gasteiger partial charge >= 0.3 is 0 Å². The molecule has 0 saturated heterocycles. The minimum atomic E-state index is 0.628. The minimum absolute atomic E-state index is 0.628. The zero-order valence-corrected chi connectivity index (χ0v) is 12.9. The molecular weight excluding hydrogens is 234 g/mol. The first-order valence-corrected chi connectivity index (χ1v) is 7.86. The third kappa shape index (κ3) is 3.99. The quantitative estimate of drug-likeness (QED) is 0.861. The highest BCUT2D eigenvalue weighted by molar-refractivity contribution is 5.30. The van der Waals surface area contributed by atoms with Crippen LogP contribution in [0.15, 0.2) is 6.20 Å². The molecule has 1 aliphatic rings. The van der Waals surface area contributed by atoms with Crippen LogP contribution in [0, 0.1) is 18.8 Å². The van der Waals surface area contributed by atoms with E-state index in [0.29, 0.717) is 17.9 Å². The predicted molar refractivity (Wildman–Crippen MR) is 81.5 cm³/mol. The summed E-state index contributed by atoms with van der Waals surface area (Å²) in [5, 5.41) is 3.67.